The van der Waals surface area contributed by atoms with E-state index in [0.29, 0.717) is 17.8 Å². The highest BCUT2D eigenvalue weighted by Gasteiger charge is 2.34. The highest BCUT2D eigenvalue weighted by molar-refractivity contribution is 5.97. The first kappa shape index (κ1) is 21.7. The molecule has 4 N–H and O–H groups in total. The summed E-state index contributed by atoms with van der Waals surface area (Å²) in [7, 11) is 0. The molecule has 1 fully saturated rings. The number of likely N-dealkylation sites (N-methyl/N-ethyl adjacent to an activating group) is 1. The lowest BCUT2D eigenvalue weighted by atomic mass is 9.85. The molecule has 154 valence electrons. The number of anilines is 1. The average Bonchev–Trinajstić information content (AvgIpc) is 2.55. The fourth-order valence-corrected chi connectivity index (χ4v) is 3.37. The van der Waals surface area contributed by atoms with Gasteiger partial charge >= 0.3 is 12.0 Å². The fourth-order valence-electron chi connectivity index (χ4n) is 3.37. The second-order valence-electron chi connectivity index (χ2n) is 7.54. The summed E-state index contributed by atoms with van der Waals surface area (Å²) < 4.78 is 0. The summed E-state index contributed by atoms with van der Waals surface area (Å²) in [5.41, 5.74) is 1.99. The van der Waals surface area contributed by atoms with E-state index in [-0.39, 0.29) is 36.6 Å². The number of carbonyl (C=O) groups is 3. The van der Waals surface area contributed by atoms with Gasteiger partial charge in [-0.25, -0.2) is 4.79 Å². The average molecular weight is 390 g/mol. The topological polar surface area (TPSA) is 111 Å². The summed E-state index contributed by atoms with van der Waals surface area (Å²) in [5.74, 6) is -0.970. The molecule has 0 unspecified atom stereocenters. The molecule has 8 nitrogen and oxygen atoms in total. The first-order valence-corrected chi connectivity index (χ1v) is 9.64. The number of aliphatic carboxylic acids is 1. The van der Waals surface area contributed by atoms with Crippen LogP contribution in [0, 0.1) is 6.92 Å². The van der Waals surface area contributed by atoms with Crippen LogP contribution in [0.2, 0.25) is 0 Å². The highest BCUT2D eigenvalue weighted by atomic mass is 16.4. The number of nitrogens with one attached hydrogen (secondary N) is 3. The Labute approximate surface area is 165 Å². The molecule has 2 rings (SSSR count). The molecular weight excluding hydrogens is 360 g/mol. The standard InChI is InChI=1S/C20H30N4O4/c1-5-24(11-18(25)26)16-9-15(10-16)23-20(28)22-14-6-7-17(13(4)8-14)19(27)21-12(2)3/h6-8,12,15-16H,5,9-11H2,1-4H3,(H,21,27)(H,25,26)(H2,22,23,28). The lowest BCUT2D eigenvalue weighted by molar-refractivity contribution is -0.139. The zero-order valence-corrected chi connectivity index (χ0v) is 16.9. The number of carbonyl (C=O) groups excluding carboxylic acids is 2. The van der Waals surface area contributed by atoms with Crippen molar-refractivity contribution in [2.24, 2.45) is 0 Å². The van der Waals surface area contributed by atoms with Gasteiger partial charge in [0.1, 0.15) is 0 Å². The van der Waals surface area contributed by atoms with E-state index in [0.717, 1.165) is 18.4 Å². The third kappa shape index (κ3) is 5.95. The van der Waals surface area contributed by atoms with Gasteiger partial charge in [-0.05, 0) is 63.9 Å². The predicted octanol–water partition coefficient (Wildman–Crippen LogP) is 2.19. The molecule has 0 atom stereocenters. The van der Waals surface area contributed by atoms with E-state index in [9.17, 15) is 14.4 Å². The van der Waals surface area contributed by atoms with E-state index >= 15 is 0 Å². The number of amides is 3. The van der Waals surface area contributed by atoms with Crippen LogP contribution >= 0.6 is 0 Å². The van der Waals surface area contributed by atoms with Crippen molar-refractivity contribution in [1.29, 1.82) is 0 Å². The van der Waals surface area contributed by atoms with E-state index in [4.69, 9.17) is 5.11 Å². The maximum atomic E-state index is 12.2. The summed E-state index contributed by atoms with van der Waals surface area (Å²) in [4.78, 5) is 37.1. The molecule has 0 heterocycles. The molecule has 0 radical (unpaired) electrons. The fraction of sp³-hybridized carbons (Fsp3) is 0.550. The Morgan fingerprint density at radius 2 is 1.93 bits per heavy atom. The lowest BCUT2D eigenvalue weighted by Gasteiger charge is -2.42. The second kappa shape index (κ2) is 9.54. The highest BCUT2D eigenvalue weighted by Crippen LogP contribution is 2.25. The Kier molecular flexibility index (Phi) is 7.39. The van der Waals surface area contributed by atoms with E-state index in [1.165, 1.54) is 0 Å². The molecule has 0 saturated heterocycles. The smallest absolute Gasteiger partial charge is 0.319 e. The Balaban J connectivity index is 1.83. The minimum Gasteiger partial charge on any atom is -0.480 e. The van der Waals surface area contributed by atoms with E-state index < -0.39 is 5.97 Å². The van der Waals surface area contributed by atoms with Gasteiger partial charge in [0.05, 0.1) is 6.54 Å². The summed E-state index contributed by atoms with van der Waals surface area (Å²) >= 11 is 0. The van der Waals surface area contributed by atoms with Gasteiger partial charge in [-0.3, -0.25) is 14.5 Å². The first-order chi connectivity index (χ1) is 13.2. The van der Waals surface area contributed by atoms with Crippen LogP contribution in [0.5, 0.6) is 0 Å². The molecule has 0 spiro atoms. The van der Waals surface area contributed by atoms with Gasteiger partial charge in [-0.15, -0.1) is 0 Å². The maximum absolute atomic E-state index is 12.2. The van der Waals surface area contributed by atoms with Gasteiger partial charge < -0.3 is 21.1 Å². The third-order valence-corrected chi connectivity index (χ3v) is 4.86. The molecule has 0 aromatic heterocycles. The number of hydrogen-bond donors (Lipinski definition) is 4. The number of nitrogens with zero attached hydrogens (tertiary/aromatic N) is 1. The van der Waals surface area contributed by atoms with E-state index in [2.05, 4.69) is 16.0 Å². The first-order valence-electron chi connectivity index (χ1n) is 9.64. The molecule has 1 aliphatic rings. The van der Waals surface area contributed by atoms with Crippen molar-refractivity contribution in [1.82, 2.24) is 15.5 Å². The van der Waals surface area contributed by atoms with Crippen LogP contribution in [0.3, 0.4) is 0 Å². The molecule has 1 aliphatic carbocycles. The summed E-state index contributed by atoms with van der Waals surface area (Å²) in [5, 5.41) is 17.5. The second-order valence-corrected chi connectivity index (χ2v) is 7.54. The van der Waals surface area contributed by atoms with Crippen molar-refractivity contribution < 1.29 is 19.5 Å². The van der Waals surface area contributed by atoms with E-state index in [1.54, 1.807) is 18.2 Å². The number of benzene rings is 1. The largest absolute Gasteiger partial charge is 0.480 e. The molecule has 1 aromatic carbocycles. The molecule has 3 amide bonds. The van der Waals surface area contributed by atoms with Gasteiger partial charge in [0, 0.05) is 29.4 Å². The van der Waals surface area contributed by atoms with Crippen LogP contribution in [0.25, 0.3) is 0 Å². The summed E-state index contributed by atoms with van der Waals surface area (Å²) in [6.07, 6.45) is 1.48. The van der Waals surface area contributed by atoms with E-state index in [1.807, 2.05) is 32.6 Å². The van der Waals surface area contributed by atoms with Gasteiger partial charge in [-0.2, -0.15) is 0 Å². The van der Waals surface area contributed by atoms with Crippen LogP contribution in [-0.2, 0) is 4.79 Å². The molecular formula is C20H30N4O4. The minimum atomic E-state index is -0.836. The molecule has 1 aromatic rings. The van der Waals surface area contributed by atoms with Crippen molar-refractivity contribution in [3.05, 3.63) is 29.3 Å². The van der Waals surface area contributed by atoms with Gasteiger partial charge in [0.15, 0.2) is 0 Å². The zero-order chi connectivity index (χ0) is 20.8. The SMILES string of the molecule is CCN(CC(=O)O)C1CC(NC(=O)Nc2ccc(C(=O)NC(C)C)c(C)c2)C1. The van der Waals surface area contributed by atoms with Crippen molar-refractivity contribution >= 4 is 23.6 Å². The third-order valence-electron chi connectivity index (χ3n) is 4.86. The predicted molar refractivity (Wildman–Crippen MR) is 108 cm³/mol. The molecule has 0 bridgehead atoms. The zero-order valence-electron chi connectivity index (χ0n) is 16.9. The maximum Gasteiger partial charge on any atom is 0.319 e. The van der Waals surface area contributed by atoms with Crippen molar-refractivity contribution in [2.45, 2.75) is 58.7 Å². The van der Waals surface area contributed by atoms with Crippen molar-refractivity contribution in [3.63, 3.8) is 0 Å². The Hall–Kier alpha value is -2.61. The molecule has 8 heteroatoms. The number of urea groups is 1. The number of carboxylic acid groups (broad SMARTS) is 1. The van der Waals surface area contributed by atoms with Gasteiger partial charge in [-0.1, -0.05) is 6.92 Å². The summed E-state index contributed by atoms with van der Waals surface area (Å²) in [6.45, 7) is 8.27. The number of hydrogen-bond acceptors (Lipinski definition) is 4. The molecule has 28 heavy (non-hydrogen) atoms. The lowest BCUT2D eigenvalue weighted by Crippen LogP contribution is -2.55. The summed E-state index contributed by atoms with van der Waals surface area (Å²) in [6, 6.07) is 5.15. The van der Waals surface area contributed by atoms with Crippen LogP contribution in [0.1, 0.15) is 49.5 Å². The quantitative estimate of drug-likeness (QED) is 0.544. The van der Waals surface area contributed by atoms with Crippen LogP contribution in [0.4, 0.5) is 10.5 Å². The number of carboxylic acids is 1. The molecule has 0 aliphatic heterocycles. The number of aryl methyl sites for hydroxylation is 1. The Morgan fingerprint density at radius 3 is 2.46 bits per heavy atom. The van der Waals surface area contributed by atoms with Crippen molar-refractivity contribution in [3.8, 4) is 0 Å². The minimum absolute atomic E-state index is 0.0239. The monoisotopic (exact) mass is 390 g/mol. The van der Waals surface area contributed by atoms with Crippen LogP contribution in [-0.4, -0.2) is 59.1 Å². The van der Waals surface area contributed by atoms with Crippen LogP contribution < -0.4 is 16.0 Å². The Morgan fingerprint density at radius 1 is 1.25 bits per heavy atom. The number of rotatable bonds is 8. The van der Waals surface area contributed by atoms with Crippen molar-refractivity contribution in [2.75, 3.05) is 18.4 Å². The van der Waals surface area contributed by atoms with Crippen LogP contribution in [0.15, 0.2) is 18.2 Å². The van der Waals surface area contributed by atoms with Gasteiger partial charge in [0.2, 0.25) is 0 Å². The normalized spacial score (nSPS) is 18.5. The Bertz CT molecular complexity index is 729. The van der Waals surface area contributed by atoms with Gasteiger partial charge in [0.25, 0.3) is 5.91 Å². The molecule has 1 saturated carbocycles.